The van der Waals surface area contributed by atoms with Crippen LogP contribution in [0.3, 0.4) is 0 Å². The number of alkyl halides is 3. The molecule has 0 aromatic rings. The van der Waals surface area contributed by atoms with E-state index in [1.165, 1.54) is 103 Å². The Hall–Kier alpha value is -2.49. The van der Waals surface area contributed by atoms with Gasteiger partial charge in [0.1, 0.15) is 23.7 Å². The molecule has 1 aliphatic rings. The molecule has 12 nitrogen and oxygen atoms in total. The van der Waals surface area contributed by atoms with Crippen molar-refractivity contribution in [1.29, 1.82) is 0 Å². The Kier molecular flexibility index (Phi) is 37.4. The Morgan fingerprint density at radius 1 is 0.519 bits per heavy atom. The van der Waals surface area contributed by atoms with E-state index in [2.05, 4.69) is 19.6 Å². The Bertz CT molecular complexity index is 938. The largest absolute Gasteiger partial charge is 0.480 e. The highest BCUT2D eigenvalue weighted by molar-refractivity contribution is 5.78. The third kappa shape index (κ3) is 39.2. The first-order chi connectivity index (χ1) is 25.3. The summed E-state index contributed by atoms with van der Waals surface area (Å²) in [5.41, 5.74) is 20.1. The Balaban J connectivity index is -0.000000679. The maximum absolute atomic E-state index is 11.3. The maximum atomic E-state index is 11.3. The molecule has 0 spiro atoms. The zero-order chi connectivity index (χ0) is 41.8. The molecule has 0 radical (unpaired) electrons. The first-order valence-electron chi connectivity index (χ1n) is 20.4. The van der Waals surface area contributed by atoms with Crippen LogP contribution in [0.1, 0.15) is 194 Å². The molecule has 54 heavy (non-hydrogen) atoms. The van der Waals surface area contributed by atoms with E-state index >= 15 is 0 Å². The highest BCUT2D eigenvalue weighted by Gasteiger charge is 2.35. The van der Waals surface area contributed by atoms with E-state index in [4.69, 9.17) is 37.6 Å². The number of nitrogens with two attached hydrogens (primary N) is 4. The lowest BCUT2D eigenvalue weighted by atomic mass is 9.83. The van der Waals surface area contributed by atoms with Crippen molar-refractivity contribution >= 4 is 23.9 Å². The number of unbranched alkanes of at least 4 members (excludes halogenated alkanes) is 18. The van der Waals surface area contributed by atoms with Crippen LogP contribution >= 0.6 is 0 Å². The van der Waals surface area contributed by atoms with E-state index < -0.39 is 60.1 Å². The zero-order valence-electron chi connectivity index (χ0n) is 33.4. The van der Waals surface area contributed by atoms with Crippen molar-refractivity contribution in [3.63, 3.8) is 0 Å². The number of aliphatic carboxylic acids is 4. The molecule has 1 saturated carbocycles. The maximum Gasteiger partial charge on any atom is 0.391 e. The summed E-state index contributed by atoms with van der Waals surface area (Å²) in [6.45, 7) is 4.45. The molecule has 3 atom stereocenters. The summed E-state index contributed by atoms with van der Waals surface area (Å²) in [7, 11) is 0. The molecule has 0 aromatic carbocycles. The third-order valence-electron chi connectivity index (χ3n) is 9.31. The van der Waals surface area contributed by atoms with E-state index in [0.717, 1.165) is 44.9 Å². The predicted octanol–water partition coefficient (Wildman–Crippen LogP) is 8.50. The Morgan fingerprint density at radius 3 is 1.00 bits per heavy atom. The van der Waals surface area contributed by atoms with Gasteiger partial charge in [-0.25, -0.2) is 0 Å². The molecule has 3 unspecified atom stereocenters. The smallest absolute Gasteiger partial charge is 0.391 e. The van der Waals surface area contributed by atoms with Gasteiger partial charge in [0.05, 0.1) is 6.42 Å². The van der Waals surface area contributed by atoms with Crippen LogP contribution in [0.5, 0.6) is 0 Å². The molecule has 1 rings (SSSR count). The first kappa shape index (κ1) is 55.8. The van der Waals surface area contributed by atoms with Crippen LogP contribution in [0.25, 0.3) is 0 Å². The molecule has 1 fully saturated rings. The molecule has 1 aliphatic carbocycles. The van der Waals surface area contributed by atoms with Gasteiger partial charge in [0.15, 0.2) is 0 Å². The molecule has 0 aliphatic heterocycles. The number of hydrogen-bond acceptors (Lipinski definition) is 8. The number of carboxylic acid groups (broad SMARTS) is 4. The van der Waals surface area contributed by atoms with Gasteiger partial charge in [0, 0.05) is 0 Å². The fourth-order valence-electron chi connectivity index (χ4n) is 5.68. The standard InChI is InChI=1S/C18H37NO2.C10H21NO2.C7H13NO2.C4H6F3NO2/c1-2-3-4-5-6-7-8-9-10-11-12-13-14-15-16-17(19)18(20)21;1-2-3-4-5-6-7-8-9(11)10(12)13;8-7(6(9)10)4-2-1-3-5-7;5-4(6,7)1-2(8)3(9)10/h17H,2-16,19H2,1H3,(H,20,21);9H,2-8,11H2,1H3,(H,12,13);1-5,8H2,(H,9,10);2H,1,8H2,(H,9,10). The number of carbonyl (C=O) groups is 4. The van der Waals surface area contributed by atoms with Gasteiger partial charge in [-0.05, 0) is 25.7 Å². The summed E-state index contributed by atoms with van der Waals surface area (Å²) >= 11 is 0. The van der Waals surface area contributed by atoms with E-state index in [-0.39, 0.29) is 0 Å². The zero-order valence-corrected chi connectivity index (χ0v) is 33.4. The van der Waals surface area contributed by atoms with Gasteiger partial charge in [0.25, 0.3) is 0 Å². The van der Waals surface area contributed by atoms with E-state index in [1.807, 2.05) is 0 Å². The summed E-state index contributed by atoms with van der Waals surface area (Å²) in [4.78, 5) is 41.2. The van der Waals surface area contributed by atoms with E-state index in [1.54, 1.807) is 0 Å². The second-order valence-corrected chi connectivity index (χ2v) is 14.6. The molecule has 0 saturated heterocycles. The summed E-state index contributed by atoms with van der Waals surface area (Å²) in [5.74, 6) is -4.23. The molecular formula is C39H77F3N4O8. The lowest BCUT2D eigenvalue weighted by Crippen LogP contribution is -2.49. The minimum Gasteiger partial charge on any atom is -0.480 e. The van der Waals surface area contributed by atoms with Crippen LogP contribution < -0.4 is 22.9 Å². The predicted molar refractivity (Wildman–Crippen MR) is 208 cm³/mol. The van der Waals surface area contributed by atoms with Crippen LogP contribution in [0.2, 0.25) is 0 Å². The average Bonchev–Trinajstić information content (AvgIpc) is 3.10. The summed E-state index contributed by atoms with van der Waals surface area (Å²) < 4.78 is 34.0. The van der Waals surface area contributed by atoms with Crippen LogP contribution in [-0.2, 0) is 19.2 Å². The van der Waals surface area contributed by atoms with Crippen LogP contribution in [0.15, 0.2) is 0 Å². The molecule has 0 aromatic heterocycles. The quantitative estimate of drug-likeness (QED) is 0.0365. The van der Waals surface area contributed by atoms with E-state index in [0.29, 0.717) is 25.7 Å². The number of hydrogen-bond donors (Lipinski definition) is 8. The van der Waals surface area contributed by atoms with Gasteiger partial charge in [-0.1, -0.05) is 162 Å². The first-order valence-corrected chi connectivity index (χ1v) is 20.4. The van der Waals surface area contributed by atoms with Gasteiger partial charge in [0.2, 0.25) is 0 Å². The molecular weight excluding hydrogens is 709 g/mol. The van der Waals surface area contributed by atoms with Gasteiger partial charge in [-0.15, -0.1) is 0 Å². The van der Waals surface area contributed by atoms with Crippen LogP contribution in [-0.4, -0.2) is 74.1 Å². The van der Waals surface area contributed by atoms with Crippen molar-refractivity contribution in [2.24, 2.45) is 22.9 Å². The molecule has 322 valence electrons. The highest BCUT2D eigenvalue weighted by Crippen LogP contribution is 2.25. The number of halogens is 3. The second-order valence-electron chi connectivity index (χ2n) is 14.6. The Morgan fingerprint density at radius 2 is 0.796 bits per heavy atom. The van der Waals surface area contributed by atoms with Crippen molar-refractivity contribution in [3.05, 3.63) is 0 Å². The SMILES string of the molecule is CCCCCCCCC(N)C(=O)O.CCCCCCCCCCCCCCCCC(N)C(=O)O.NC(CC(F)(F)F)C(=O)O.NC1(C(=O)O)CCCCC1. The number of rotatable bonds is 27. The van der Waals surface area contributed by atoms with Crippen molar-refractivity contribution in [3.8, 4) is 0 Å². The molecule has 0 bridgehead atoms. The fraction of sp³-hybridized carbons (Fsp3) is 0.897. The Labute approximate surface area is 322 Å². The summed E-state index contributed by atoms with van der Waals surface area (Å²) in [5, 5.41) is 33.8. The van der Waals surface area contributed by atoms with Gasteiger partial charge < -0.3 is 43.4 Å². The lowest BCUT2D eigenvalue weighted by Gasteiger charge is -2.28. The second kappa shape index (κ2) is 36.2. The summed E-state index contributed by atoms with van der Waals surface area (Å²) in [6.07, 6.45) is 25.1. The minimum atomic E-state index is -4.50. The normalized spacial score (nSPS) is 15.1. The summed E-state index contributed by atoms with van der Waals surface area (Å²) in [6, 6.07) is -3.17. The van der Waals surface area contributed by atoms with Crippen LogP contribution in [0.4, 0.5) is 13.2 Å². The van der Waals surface area contributed by atoms with Crippen molar-refractivity contribution in [1.82, 2.24) is 0 Å². The molecule has 0 heterocycles. The van der Waals surface area contributed by atoms with E-state index in [9.17, 15) is 32.3 Å². The highest BCUT2D eigenvalue weighted by atomic mass is 19.4. The van der Waals surface area contributed by atoms with Gasteiger partial charge >= 0.3 is 30.1 Å². The average molecular weight is 787 g/mol. The van der Waals surface area contributed by atoms with Crippen molar-refractivity contribution < 1.29 is 52.8 Å². The third-order valence-corrected chi connectivity index (χ3v) is 9.31. The fourth-order valence-corrected chi connectivity index (χ4v) is 5.68. The molecule has 15 heteroatoms. The topological polar surface area (TPSA) is 253 Å². The monoisotopic (exact) mass is 787 g/mol. The van der Waals surface area contributed by atoms with Crippen molar-refractivity contribution in [2.45, 2.75) is 223 Å². The molecule has 0 amide bonds. The minimum absolute atomic E-state index is 0.613. The van der Waals surface area contributed by atoms with Gasteiger partial charge in [-0.3, -0.25) is 19.2 Å². The number of carboxylic acids is 4. The molecule has 12 N–H and O–H groups in total. The van der Waals surface area contributed by atoms with Gasteiger partial charge in [-0.2, -0.15) is 13.2 Å². The van der Waals surface area contributed by atoms with Crippen molar-refractivity contribution in [2.75, 3.05) is 0 Å². The lowest BCUT2D eigenvalue weighted by molar-refractivity contribution is -0.156. The van der Waals surface area contributed by atoms with Crippen LogP contribution in [0, 0.1) is 0 Å².